The molecule has 0 saturated heterocycles. The second kappa shape index (κ2) is 7.75. The first-order chi connectivity index (χ1) is 14.9. The molecule has 6 heteroatoms. The smallest absolute Gasteiger partial charge is 0.261 e. The van der Waals surface area contributed by atoms with Crippen LogP contribution in [-0.4, -0.2) is 8.97 Å². The standard InChI is InChI=1S/C25H19ClN2OS2/c1-15-7-8-16(2)18(13-15)14-27-23-22(17-9-11-19(26)12-10-17)31-25(30)28(23)21-6-4-3-5-20(21)24(27)29/h3-13H,14H2,1-2H3. The van der Waals surface area contributed by atoms with Crippen LogP contribution in [0.1, 0.15) is 16.7 Å². The number of para-hydroxylation sites is 1. The molecule has 0 aliphatic rings. The minimum atomic E-state index is -0.0143. The quantitative estimate of drug-likeness (QED) is 0.269. The van der Waals surface area contributed by atoms with Gasteiger partial charge in [-0.05, 0) is 67.0 Å². The average Bonchev–Trinajstić information content (AvgIpc) is 3.11. The first kappa shape index (κ1) is 20.2. The lowest BCUT2D eigenvalue weighted by molar-refractivity contribution is 0.775. The molecule has 0 aliphatic heterocycles. The van der Waals surface area contributed by atoms with Crippen LogP contribution in [0.4, 0.5) is 0 Å². The van der Waals surface area contributed by atoms with E-state index in [0.717, 1.165) is 32.7 Å². The van der Waals surface area contributed by atoms with Gasteiger partial charge in [-0.25, -0.2) is 0 Å². The summed E-state index contributed by atoms with van der Waals surface area (Å²) in [7, 11) is 0. The zero-order valence-corrected chi connectivity index (χ0v) is 19.4. The largest absolute Gasteiger partial charge is 0.288 e. The number of fused-ring (bicyclic) bond motifs is 3. The molecule has 0 amide bonds. The number of thiazole rings is 1. The molecule has 0 bridgehead atoms. The maximum absolute atomic E-state index is 13.7. The monoisotopic (exact) mass is 462 g/mol. The summed E-state index contributed by atoms with van der Waals surface area (Å²) in [6.45, 7) is 4.63. The summed E-state index contributed by atoms with van der Waals surface area (Å²) < 4.78 is 4.61. The molecule has 154 valence electrons. The number of halogens is 1. The molecular weight excluding hydrogens is 444 g/mol. The Morgan fingerprint density at radius 1 is 1.00 bits per heavy atom. The van der Waals surface area contributed by atoms with E-state index in [1.807, 2.05) is 57.5 Å². The minimum absolute atomic E-state index is 0.0143. The van der Waals surface area contributed by atoms with E-state index in [0.29, 0.717) is 20.9 Å². The predicted octanol–water partition coefficient (Wildman–Crippen LogP) is 7.03. The van der Waals surface area contributed by atoms with Gasteiger partial charge in [0.05, 0.1) is 22.3 Å². The second-order valence-electron chi connectivity index (χ2n) is 7.70. The first-order valence-corrected chi connectivity index (χ1v) is 11.5. The Morgan fingerprint density at radius 3 is 2.52 bits per heavy atom. The van der Waals surface area contributed by atoms with E-state index in [1.54, 1.807) is 0 Å². The number of aryl methyl sites for hydroxylation is 2. The molecule has 2 aromatic heterocycles. The number of nitrogens with zero attached hydrogens (tertiary/aromatic N) is 2. The summed E-state index contributed by atoms with van der Waals surface area (Å²) in [5.41, 5.74) is 6.09. The zero-order chi connectivity index (χ0) is 21.7. The number of hydrogen-bond acceptors (Lipinski definition) is 3. The second-order valence-corrected chi connectivity index (χ2v) is 9.78. The molecule has 3 nitrogen and oxygen atoms in total. The van der Waals surface area contributed by atoms with E-state index in [2.05, 4.69) is 32.0 Å². The van der Waals surface area contributed by atoms with Gasteiger partial charge in [-0.3, -0.25) is 13.8 Å². The van der Waals surface area contributed by atoms with Crippen LogP contribution >= 0.6 is 35.2 Å². The number of aromatic nitrogens is 2. The van der Waals surface area contributed by atoms with Gasteiger partial charge >= 0.3 is 0 Å². The van der Waals surface area contributed by atoms with Gasteiger partial charge in [-0.1, -0.05) is 59.6 Å². The summed E-state index contributed by atoms with van der Waals surface area (Å²) in [5.74, 6) is 0. The first-order valence-electron chi connectivity index (χ1n) is 9.93. The molecule has 0 aliphatic carbocycles. The molecule has 0 N–H and O–H groups in total. The van der Waals surface area contributed by atoms with Crippen molar-refractivity contribution < 1.29 is 0 Å². The third-order valence-electron chi connectivity index (χ3n) is 5.60. The van der Waals surface area contributed by atoms with Crippen molar-refractivity contribution in [2.45, 2.75) is 20.4 Å². The lowest BCUT2D eigenvalue weighted by Crippen LogP contribution is -2.24. The van der Waals surface area contributed by atoms with Crippen molar-refractivity contribution in [2.24, 2.45) is 0 Å². The Balaban J connectivity index is 1.91. The van der Waals surface area contributed by atoms with E-state index in [9.17, 15) is 4.79 Å². The Hall–Kier alpha value is -2.73. The number of rotatable bonds is 3. The van der Waals surface area contributed by atoms with E-state index in [4.69, 9.17) is 23.8 Å². The van der Waals surface area contributed by atoms with Crippen molar-refractivity contribution in [3.63, 3.8) is 0 Å². The molecular formula is C25H19ClN2OS2. The topological polar surface area (TPSA) is 26.4 Å². The highest BCUT2D eigenvalue weighted by Crippen LogP contribution is 2.34. The van der Waals surface area contributed by atoms with Gasteiger partial charge in [0.25, 0.3) is 5.56 Å². The molecule has 0 unspecified atom stereocenters. The van der Waals surface area contributed by atoms with Gasteiger partial charge < -0.3 is 0 Å². The van der Waals surface area contributed by atoms with Crippen molar-refractivity contribution in [2.75, 3.05) is 0 Å². The molecule has 5 rings (SSSR count). The fraction of sp³-hybridized carbons (Fsp3) is 0.120. The van der Waals surface area contributed by atoms with E-state index in [-0.39, 0.29) is 5.56 Å². The molecule has 5 aromatic rings. The van der Waals surface area contributed by atoms with Gasteiger partial charge in [0, 0.05) is 5.02 Å². The third kappa shape index (κ3) is 3.43. The predicted molar refractivity (Wildman–Crippen MR) is 133 cm³/mol. The molecule has 0 atom stereocenters. The van der Waals surface area contributed by atoms with Crippen LogP contribution in [0, 0.1) is 17.8 Å². The van der Waals surface area contributed by atoms with Gasteiger partial charge in [0.15, 0.2) is 3.95 Å². The van der Waals surface area contributed by atoms with Crippen LogP contribution in [0.25, 0.3) is 27.0 Å². The summed E-state index contributed by atoms with van der Waals surface area (Å²) in [4.78, 5) is 14.7. The maximum Gasteiger partial charge on any atom is 0.261 e. The highest BCUT2D eigenvalue weighted by molar-refractivity contribution is 7.73. The molecule has 3 aromatic carbocycles. The molecule has 0 saturated carbocycles. The van der Waals surface area contributed by atoms with Gasteiger partial charge in [0.1, 0.15) is 5.65 Å². The SMILES string of the molecule is Cc1ccc(C)c(Cn2c(=O)c3ccccc3n3c(=S)sc(-c4ccc(Cl)cc4)c23)c1. The van der Waals surface area contributed by atoms with Gasteiger partial charge in [-0.15, -0.1) is 11.3 Å². The van der Waals surface area contributed by atoms with Crippen molar-refractivity contribution in [3.8, 4) is 10.4 Å². The third-order valence-corrected chi connectivity index (χ3v) is 7.27. The van der Waals surface area contributed by atoms with E-state index in [1.165, 1.54) is 16.9 Å². The highest BCUT2D eigenvalue weighted by atomic mass is 35.5. The Bertz CT molecular complexity index is 1580. The zero-order valence-electron chi connectivity index (χ0n) is 17.1. The summed E-state index contributed by atoms with van der Waals surface area (Å²) in [6, 6.07) is 21.7. The Kier molecular flexibility index (Phi) is 5.05. The number of hydrogen-bond donors (Lipinski definition) is 0. The van der Waals surface area contributed by atoms with Crippen molar-refractivity contribution in [1.29, 1.82) is 0 Å². The molecule has 31 heavy (non-hydrogen) atoms. The van der Waals surface area contributed by atoms with Crippen LogP contribution in [0.2, 0.25) is 5.02 Å². The van der Waals surface area contributed by atoms with Crippen LogP contribution < -0.4 is 5.56 Å². The van der Waals surface area contributed by atoms with Crippen molar-refractivity contribution in [3.05, 3.63) is 103 Å². The fourth-order valence-electron chi connectivity index (χ4n) is 3.99. The normalized spacial score (nSPS) is 11.5. The van der Waals surface area contributed by atoms with E-state index < -0.39 is 0 Å². The van der Waals surface area contributed by atoms with Crippen LogP contribution in [0.5, 0.6) is 0 Å². The van der Waals surface area contributed by atoms with Crippen molar-refractivity contribution in [1.82, 2.24) is 8.97 Å². The Morgan fingerprint density at radius 2 is 1.74 bits per heavy atom. The van der Waals surface area contributed by atoms with Crippen LogP contribution in [0.3, 0.4) is 0 Å². The van der Waals surface area contributed by atoms with E-state index >= 15 is 0 Å². The summed E-state index contributed by atoms with van der Waals surface area (Å²) in [6.07, 6.45) is 0. The maximum atomic E-state index is 13.7. The highest BCUT2D eigenvalue weighted by Gasteiger charge is 2.19. The average molecular weight is 463 g/mol. The summed E-state index contributed by atoms with van der Waals surface area (Å²) >= 11 is 13.4. The summed E-state index contributed by atoms with van der Waals surface area (Å²) in [5, 5.41) is 1.34. The molecule has 0 spiro atoms. The Labute approximate surface area is 193 Å². The lowest BCUT2D eigenvalue weighted by Gasteiger charge is -2.15. The molecule has 0 radical (unpaired) electrons. The lowest BCUT2D eigenvalue weighted by atomic mass is 10.1. The van der Waals surface area contributed by atoms with Crippen molar-refractivity contribution >= 4 is 51.7 Å². The number of benzene rings is 3. The molecule has 0 fully saturated rings. The van der Waals surface area contributed by atoms with Gasteiger partial charge in [-0.2, -0.15) is 0 Å². The fourth-order valence-corrected chi connectivity index (χ4v) is 5.55. The van der Waals surface area contributed by atoms with Crippen LogP contribution in [0.15, 0.2) is 71.5 Å². The molecule has 2 heterocycles. The van der Waals surface area contributed by atoms with Gasteiger partial charge in [0.2, 0.25) is 0 Å². The van der Waals surface area contributed by atoms with Crippen LogP contribution in [-0.2, 0) is 6.54 Å². The minimum Gasteiger partial charge on any atom is -0.288 e.